The van der Waals surface area contributed by atoms with Crippen LogP contribution in [0.4, 0.5) is 40.6 Å². The van der Waals surface area contributed by atoms with Gasteiger partial charge < -0.3 is 27.4 Å². The Balaban J connectivity index is 1.83. The van der Waals surface area contributed by atoms with Crippen molar-refractivity contribution in [3.05, 3.63) is 48.5 Å². The number of nitrogens with zero attached hydrogens (tertiary/aromatic N) is 3. The second-order valence-electron chi connectivity index (χ2n) is 5.05. The predicted molar refractivity (Wildman–Crippen MR) is 97.6 cm³/mol. The maximum atomic E-state index is 5.77. The van der Waals surface area contributed by atoms with E-state index in [1.807, 2.05) is 43.4 Å². The van der Waals surface area contributed by atoms with E-state index in [0.29, 0.717) is 17.6 Å². The van der Waals surface area contributed by atoms with Crippen LogP contribution in [0.2, 0.25) is 0 Å². The summed E-state index contributed by atoms with van der Waals surface area (Å²) in [7, 11) is 1.85. The highest BCUT2D eigenvalue weighted by Gasteiger charge is 2.06. The number of nitrogens with one attached hydrogen (secondary N) is 3. The molecule has 0 saturated heterocycles. The molecule has 0 amide bonds. The minimum absolute atomic E-state index is 0.115. The van der Waals surface area contributed by atoms with Crippen LogP contribution in [0.3, 0.4) is 0 Å². The third kappa shape index (κ3) is 3.80. The molecule has 8 nitrogen and oxygen atoms in total. The molecule has 7 N–H and O–H groups in total. The smallest absolute Gasteiger partial charge is 0.233 e. The normalized spacial score (nSPS) is 10.2. The van der Waals surface area contributed by atoms with Crippen LogP contribution in [0.15, 0.2) is 48.5 Å². The van der Waals surface area contributed by atoms with Crippen molar-refractivity contribution < 1.29 is 0 Å². The first kappa shape index (κ1) is 15.3. The third-order valence-electron chi connectivity index (χ3n) is 3.20. The van der Waals surface area contributed by atoms with Crippen LogP contribution < -0.4 is 27.4 Å². The molecular formula is C16H18N8. The summed E-state index contributed by atoms with van der Waals surface area (Å²) in [6.07, 6.45) is 0. The number of nitrogens with two attached hydrogens (primary N) is 2. The Morgan fingerprint density at radius 2 is 1.33 bits per heavy atom. The standard InChI is InChI=1S/C16H18N8/c1-19-11-5-3-7-13(9-11)21-16-23-14(18)22-15(24-16)20-12-6-2-4-10(17)8-12/h2-9,19H,17H2,1H3,(H4,18,20,21,22,23,24). The van der Waals surface area contributed by atoms with Gasteiger partial charge in [-0.3, -0.25) is 0 Å². The SMILES string of the molecule is CNc1cccc(Nc2nc(N)nc(Nc3cccc(N)c3)n2)c1. The quantitative estimate of drug-likeness (QED) is 0.454. The van der Waals surface area contributed by atoms with E-state index in [0.717, 1.165) is 17.1 Å². The molecule has 0 saturated carbocycles. The van der Waals surface area contributed by atoms with Crippen molar-refractivity contribution in [3.63, 3.8) is 0 Å². The van der Waals surface area contributed by atoms with E-state index >= 15 is 0 Å². The van der Waals surface area contributed by atoms with Gasteiger partial charge in [-0.05, 0) is 36.4 Å². The lowest BCUT2D eigenvalue weighted by molar-refractivity contribution is 1.07. The minimum Gasteiger partial charge on any atom is -0.399 e. The molecule has 0 aliphatic rings. The lowest BCUT2D eigenvalue weighted by Gasteiger charge is -2.10. The number of anilines is 7. The number of benzene rings is 2. The molecule has 3 aromatic rings. The Labute approximate surface area is 139 Å². The molecule has 0 unspecified atom stereocenters. The maximum Gasteiger partial charge on any atom is 0.233 e. The lowest BCUT2D eigenvalue weighted by atomic mass is 10.3. The van der Waals surface area contributed by atoms with Gasteiger partial charge in [0.2, 0.25) is 17.8 Å². The fourth-order valence-electron chi connectivity index (χ4n) is 2.13. The van der Waals surface area contributed by atoms with Gasteiger partial charge in [0, 0.05) is 29.8 Å². The molecule has 0 aliphatic carbocycles. The summed E-state index contributed by atoms with van der Waals surface area (Å²) < 4.78 is 0. The average molecular weight is 322 g/mol. The molecule has 0 aliphatic heterocycles. The third-order valence-corrected chi connectivity index (χ3v) is 3.20. The molecule has 24 heavy (non-hydrogen) atoms. The summed E-state index contributed by atoms with van der Waals surface area (Å²) in [4.78, 5) is 12.5. The summed E-state index contributed by atoms with van der Waals surface area (Å²) >= 11 is 0. The number of aromatic nitrogens is 3. The summed E-state index contributed by atoms with van der Waals surface area (Å²) in [5, 5.41) is 9.24. The Morgan fingerprint density at radius 1 is 0.750 bits per heavy atom. The Hall–Kier alpha value is -3.55. The van der Waals surface area contributed by atoms with Gasteiger partial charge >= 0.3 is 0 Å². The first-order valence-electron chi connectivity index (χ1n) is 7.31. The van der Waals surface area contributed by atoms with Gasteiger partial charge in [0.05, 0.1) is 0 Å². The van der Waals surface area contributed by atoms with Crippen LogP contribution in [-0.4, -0.2) is 22.0 Å². The van der Waals surface area contributed by atoms with Gasteiger partial charge in [-0.2, -0.15) is 15.0 Å². The largest absolute Gasteiger partial charge is 0.399 e. The molecule has 2 aromatic carbocycles. The molecular weight excluding hydrogens is 304 g/mol. The molecule has 0 atom stereocenters. The summed E-state index contributed by atoms with van der Waals surface area (Å²) in [6, 6.07) is 15.0. The first-order chi connectivity index (χ1) is 11.6. The van der Waals surface area contributed by atoms with Crippen molar-refractivity contribution in [3.8, 4) is 0 Å². The Bertz CT molecular complexity index is 849. The van der Waals surface area contributed by atoms with Crippen molar-refractivity contribution in [2.75, 3.05) is 34.5 Å². The molecule has 8 heteroatoms. The van der Waals surface area contributed by atoms with Crippen LogP contribution in [0.25, 0.3) is 0 Å². The molecule has 3 rings (SSSR count). The fraction of sp³-hybridized carbons (Fsp3) is 0.0625. The first-order valence-corrected chi connectivity index (χ1v) is 7.31. The van der Waals surface area contributed by atoms with Crippen LogP contribution >= 0.6 is 0 Å². The van der Waals surface area contributed by atoms with Gasteiger partial charge in [0.25, 0.3) is 0 Å². The second kappa shape index (κ2) is 6.69. The van der Waals surface area contributed by atoms with Crippen molar-refractivity contribution in [2.45, 2.75) is 0 Å². The van der Waals surface area contributed by atoms with Gasteiger partial charge in [0.1, 0.15) is 0 Å². The van der Waals surface area contributed by atoms with Crippen LogP contribution in [0.1, 0.15) is 0 Å². The van der Waals surface area contributed by atoms with E-state index in [4.69, 9.17) is 11.5 Å². The van der Waals surface area contributed by atoms with E-state index in [-0.39, 0.29) is 5.95 Å². The molecule has 122 valence electrons. The number of hydrogen-bond donors (Lipinski definition) is 5. The Kier molecular flexibility index (Phi) is 4.28. The maximum absolute atomic E-state index is 5.77. The summed E-state index contributed by atoms with van der Waals surface area (Å²) in [5.74, 6) is 0.797. The highest BCUT2D eigenvalue weighted by atomic mass is 15.2. The average Bonchev–Trinajstić information content (AvgIpc) is 2.54. The van der Waals surface area contributed by atoms with Gasteiger partial charge in [0.15, 0.2) is 0 Å². The highest BCUT2D eigenvalue weighted by Crippen LogP contribution is 2.20. The zero-order valence-electron chi connectivity index (χ0n) is 13.1. The van der Waals surface area contributed by atoms with Crippen molar-refractivity contribution in [1.82, 2.24) is 15.0 Å². The second-order valence-corrected chi connectivity index (χ2v) is 5.05. The van der Waals surface area contributed by atoms with Crippen LogP contribution in [-0.2, 0) is 0 Å². The summed E-state index contributed by atoms with van der Waals surface area (Å²) in [6.45, 7) is 0. The van der Waals surface area contributed by atoms with Crippen molar-refractivity contribution in [2.24, 2.45) is 0 Å². The van der Waals surface area contributed by atoms with Gasteiger partial charge in [-0.1, -0.05) is 12.1 Å². The van der Waals surface area contributed by atoms with E-state index in [2.05, 4.69) is 30.9 Å². The van der Waals surface area contributed by atoms with Gasteiger partial charge in [-0.25, -0.2) is 0 Å². The minimum atomic E-state index is 0.115. The lowest BCUT2D eigenvalue weighted by Crippen LogP contribution is -2.07. The van der Waals surface area contributed by atoms with Crippen LogP contribution in [0, 0.1) is 0 Å². The van der Waals surface area contributed by atoms with E-state index < -0.39 is 0 Å². The summed E-state index contributed by atoms with van der Waals surface area (Å²) in [5.41, 5.74) is 14.8. The van der Waals surface area contributed by atoms with Crippen LogP contribution in [0.5, 0.6) is 0 Å². The van der Waals surface area contributed by atoms with Gasteiger partial charge in [-0.15, -0.1) is 0 Å². The van der Waals surface area contributed by atoms with E-state index in [1.165, 1.54) is 0 Å². The monoisotopic (exact) mass is 322 g/mol. The highest BCUT2D eigenvalue weighted by molar-refractivity contribution is 5.64. The molecule has 0 fully saturated rings. The van der Waals surface area contributed by atoms with Crippen molar-refractivity contribution >= 4 is 40.6 Å². The van der Waals surface area contributed by atoms with E-state index in [1.54, 1.807) is 12.1 Å². The Morgan fingerprint density at radius 3 is 1.96 bits per heavy atom. The number of hydrogen-bond acceptors (Lipinski definition) is 8. The molecule has 1 heterocycles. The number of rotatable bonds is 5. The zero-order valence-corrected chi connectivity index (χ0v) is 13.1. The van der Waals surface area contributed by atoms with Crippen molar-refractivity contribution in [1.29, 1.82) is 0 Å². The molecule has 0 spiro atoms. The van der Waals surface area contributed by atoms with E-state index in [9.17, 15) is 0 Å². The zero-order chi connectivity index (χ0) is 16.9. The molecule has 1 aromatic heterocycles. The number of nitrogen functional groups attached to an aromatic ring is 2. The topological polar surface area (TPSA) is 127 Å². The fourth-order valence-corrected chi connectivity index (χ4v) is 2.13. The predicted octanol–water partition coefficient (Wildman–Crippen LogP) is 2.56. The molecule has 0 radical (unpaired) electrons. The molecule has 0 bridgehead atoms.